The van der Waals surface area contributed by atoms with Gasteiger partial charge in [0.1, 0.15) is 12.3 Å². The Bertz CT molecular complexity index is 500. The van der Waals surface area contributed by atoms with E-state index in [9.17, 15) is 18.4 Å². The zero-order valence-corrected chi connectivity index (χ0v) is 10.5. The number of carboxylic acid groups (broad SMARTS) is 1. The molecule has 0 aromatic heterocycles. The normalized spacial score (nSPS) is 14.2. The van der Waals surface area contributed by atoms with Crippen molar-refractivity contribution < 1.29 is 28.2 Å². The maximum atomic E-state index is 12.2. The highest BCUT2D eigenvalue weighted by molar-refractivity contribution is 5.96. The minimum Gasteiger partial charge on any atom is -0.480 e. The lowest BCUT2D eigenvalue weighted by Gasteiger charge is -2.20. The number of hydrogen-bond acceptors (Lipinski definition) is 3. The summed E-state index contributed by atoms with van der Waals surface area (Å²) in [5.41, 5.74) is 0.250. The Kier molecular flexibility index (Phi) is 4.16. The summed E-state index contributed by atoms with van der Waals surface area (Å²) < 4.78 is 28.2. The second-order valence-corrected chi connectivity index (χ2v) is 4.46. The minimum absolute atomic E-state index is 0.0457. The first-order valence-corrected chi connectivity index (χ1v) is 6.05. The van der Waals surface area contributed by atoms with Crippen molar-refractivity contribution in [1.82, 2.24) is 4.90 Å². The molecule has 1 N–H and O–H groups in total. The summed E-state index contributed by atoms with van der Waals surface area (Å²) in [6, 6.07) is 5.15. The highest BCUT2D eigenvalue weighted by Crippen LogP contribution is 2.28. The largest absolute Gasteiger partial charge is 0.480 e. The van der Waals surface area contributed by atoms with Crippen molar-refractivity contribution in [3.05, 3.63) is 29.8 Å². The second kappa shape index (κ2) is 5.85. The summed E-state index contributed by atoms with van der Waals surface area (Å²) in [5.74, 6) is -1.55. The molecule has 5 nitrogen and oxygen atoms in total. The van der Waals surface area contributed by atoms with E-state index < -0.39 is 18.5 Å². The molecule has 1 amide bonds. The number of alkyl halides is 2. The van der Waals surface area contributed by atoms with Gasteiger partial charge >= 0.3 is 12.6 Å². The van der Waals surface area contributed by atoms with Crippen LogP contribution in [0, 0.1) is 0 Å². The number of ether oxygens (including phenoxy) is 1. The van der Waals surface area contributed by atoms with Gasteiger partial charge < -0.3 is 14.7 Å². The molecule has 1 aromatic carbocycles. The van der Waals surface area contributed by atoms with Crippen LogP contribution in [0.2, 0.25) is 0 Å². The molecule has 0 spiro atoms. The SMILES string of the molecule is O=C(O)CN(C(=O)c1ccc(OC(F)F)cc1)C1CC1. The fourth-order valence-corrected chi connectivity index (χ4v) is 1.84. The third-order valence-corrected chi connectivity index (χ3v) is 2.88. The molecule has 0 aliphatic heterocycles. The lowest BCUT2D eigenvalue weighted by Crippen LogP contribution is -2.37. The third-order valence-electron chi connectivity index (χ3n) is 2.88. The lowest BCUT2D eigenvalue weighted by molar-refractivity contribution is -0.137. The minimum atomic E-state index is -2.92. The topological polar surface area (TPSA) is 66.8 Å². The smallest absolute Gasteiger partial charge is 0.387 e. The Morgan fingerprint density at radius 2 is 1.90 bits per heavy atom. The first-order valence-electron chi connectivity index (χ1n) is 6.05. The highest BCUT2D eigenvalue weighted by atomic mass is 19.3. The van der Waals surface area contributed by atoms with Gasteiger partial charge in [0.05, 0.1) is 0 Å². The van der Waals surface area contributed by atoms with Gasteiger partial charge in [0, 0.05) is 11.6 Å². The molecule has 1 aromatic rings. The predicted octanol–water partition coefficient (Wildman–Crippen LogP) is 1.98. The van der Waals surface area contributed by atoms with Crippen LogP contribution < -0.4 is 4.74 Å². The van der Waals surface area contributed by atoms with Gasteiger partial charge in [-0.3, -0.25) is 9.59 Å². The lowest BCUT2D eigenvalue weighted by atomic mass is 10.2. The number of hydrogen-bond donors (Lipinski definition) is 1. The number of halogens is 2. The number of carbonyl (C=O) groups excluding carboxylic acids is 1. The average molecular weight is 285 g/mol. The summed E-state index contributed by atoms with van der Waals surface area (Å²) >= 11 is 0. The van der Waals surface area contributed by atoms with Gasteiger partial charge in [0.2, 0.25) is 0 Å². The van der Waals surface area contributed by atoms with E-state index in [1.165, 1.54) is 29.2 Å². The summed E-state index contributed by atoms with van der Waals surface area (Å²) in [6.07, 6.45) is 1.57. The molecule has 0 radical (unpaired) electrons. The molecule has 0 bridgehead atoms. The predicted molar refractivity (Wildman–Crippen MR) is 64.8 cm³/mol. The molecule has 1 aliphatic rings. The van der Waals surface area contributed by atoms with Crippen LogP contribution in [0.3, 0.4) is 0 Å². The zero-order valence-electron chi connectivity index (χ0n) is 10.5. The Morgan fingerprint density at radius 1 is 1.30 bits per heavy atom. The maximum Gasteiger partial charge on any atom is 0.387 e. The summed E-state index contributed by atoms with van der Waals surface area (Å²) in [5, 5.41) is 8.80. The highest BCUT2D eigenvalue weighted by Gasteiger charge is 2.34. The van der Waals surface area contributed by atoms with Crippen molar-refractivity contribution in [3.8, 4) is 5.75 Å². The van der Waals surface area contributed by atoms with E-state index in [4.69, 9.17) is 5.11 Å². The van der Waals surface area contributed by atoms with Crippen LogP contribution in [0.1, 0.15) is 23.2 Å². The number of nitrogens with zero attached hydrogens (tertiary/aromatic N) is 1. The molecule has 1 saturated carbocycles. The van der Waals surface area contributed by atoms with Crippen molar-refractivity contribution in [1.29, 1.82) is 0 Å². The summed E-state index contributed by atoms with van der Waals surface area (Å²) in [6.45, 7) is -3.29. The number of carbonyl (C=O) groups is 2. The van der Waals surface area contributed by atoms with Gasteiger partial charge in [-0.25, -0.2) is 0 Å². The number of benzene rings is 1. The number of rotatable bonds is 6. The molecular weight excluding hydrogens is 272 g/mol. The van der Waals surface area contributed by atoms with E-state index >= 15 is 0 Å². The molecule has 20 heavy (non-hydrogen) atoms. The molecule has 0 unspecified atom stereocenters. The molecule has 0 atom stereocenters. The van der Waals surface area contributed by atoms with E-state index in [1.54, 1.807) is 0 Å². The van der Waals surface area contributed by atoms with Crippen molar-refractivity contribution in [2.24, 2.45) is 0 Å². The standard InChI is InChI=1S/C13H13F2NO4/c14-13(15)20-10-5-1-8(2-6-10)12(19)16(7-11(17)18)9-3-4-9/h1-2,5-6,9,13H,3-4,7H2,(H,17,18). The summed E-state index contributed by atoms with van der Waals surface area (Å²) in [4.78, 5) is 24.2. The third kappa shape index (κ3) is 3.66. The van der Waals surface area contributed by atoms with Crippen LogP contribution in [0.4, 0.5) is 8.78 Å². The fraction of sp³-hybridized carbons (Fsp3) is 0.385. The van der Waals surface area contributed by atoms with E-state index in [0.29, 0.717) is 0 Å². The van der Waals surface area contributed by atoms with Crippen molar-refractivity contribution in [3.63, 3.8) is 0 Å². The molecule has 7 heteroatoms. The zero-order chi connectivity index (χ0) is 14.7. The van der Waals surface area contributed by atoms with Crippen LogP contribution in [-0.4, -0.2) is 41.1 Å². The molecule has 1 fully saturated rings. The average Bonchev–Trinajstić information content (AvgIpc) is 3.19. The number of carboxylic acids is 1. The first-order chi connectivity index (χ1) is 9.47. The molecule has 108 valence electrons. The van der Waals surface area contributed by atoms with Crippen molar-refractivity contribution >= 4 is 11.9 Å². The fourth-order valence-electron chi connectivity index (χ4n) is 1.84. The summed E-state index contributed by atoms with van der Waals surface area (Å²) in [7, 11) is 0. The molecule has 1 aliphatic carbocycles. The van der Waals surface area contributed by atoms with E-state index in [2.05, 4.69) is 4.74 Å². The van der Waals surface area contributed by atoms with Crippen LogP contribution in [-0.2, 0) is 4.79 Å². The van der Waals surface area contributed by atoms with E-state index in [0.717, 1.165) is 12.8 Å². The Morgan fingerprint density at radius 3 is 2.35 bits per heavy atom. The van der Waals surface area contributed by atoms with Crippen molar-refractivity contribution in [2.45, 2.75) is 25.5 Å². The number of aliphatic carboxylic acids is 1. The second-order valence-electron chi connectivity index (χ2n) is 4.46. The Hall–Kier alpha value is -2.18. The van der Waals surface area contributed by atoms with Crippen LogP contribution in [0.25, 0.3) is 0 Å². The Labute approximate surface area is 113 Å². The van der Waals surface area contributed by atoms with Gasteiger partial charge in [0.25, 0.3) is 5.91 Å². The Balaban J connectivity index is 2.08. The van der Waals surface area contributed by atoms with Gasteiger partial charge in [-0.1, -0.05) is 0 Å². The van der Waals surface area contributed by atoms with E-state index in [1.807, 2.05) is 0 Å². The van der Waals surface area contributed by atoms with Crippen LogP contribution in [0.5, 0.6) is 5.75 Å². The van der Waals surface area contributed by atoms with Gasteiger partial charge in [-0.05, 0) is 37.1 Å². The van der Waals surface area contributed by atoms with Gasteiger partial charge in [-0.2, -0.15) is 8.78 Å². The van der Waals surface area contributed by atoms with Crippen molar-refractivity contribution in [2.75, 3.05) is 6.54 Å². The molecule has 2 rings (SSSR count). The van der Waals surface area contributed by atoms with Crippen LogP contribution >= 0.6 is 0 Å². The number of amides is 1. The molecule has 0 heterocycles. The van der Waals surface area contributed by atoms with Gasteiger partial charge in [0.15, 0.2) is 0 Å². The maximum absolute atomic E-state index is 12.2. The van der Waals surface area contributed by atoms with Crippen LogP contribution in [0.15, 0.2) is 24.3 Å². The van der Waals surface area contributed by atoms with Gasteiger partial charge in [-0.15, -0.1) is 0 Å². The first kappa shape index (κ1) is 14.2. The molecule has 0 saturated heterocycles. The molecular formula is C13H13F2NO4. The monoisotopic (exact) mass is 285 g/mol. The van der Waals surface area contributed by atoms with E-state index in [-0.39, 0.29) is 23.9 Å². The quantitative estimate of drug-likeness (QED) is 0.867.